The molecule has 0 aromatic heterocycles. The van der Waals surface area contributed by atoms with Crippen molar-refractivity contribution in [1.82, 2.24) is 5.32 Å². The average molecular weight is 489 g/mol. The Hall–Kier alpha value is -2.87. The van der Waals surface area contributed by atoms with Gasteiger partial charge in [-0.15, -0.1) is 0 Å². The Morgan fingerprint density at radius 3 is 2.06 bits per heavy atom. The highest BCUT2D eigenvalue weighted by Crippen LogP contribution is 2.21. The molecule has 1 unspecified atom stereocenters. The zero-order valence-electron chi connectivity index (χ0n) is 21.3. The predicted molar refractivity (Wildman–Crippen MR) is 135 cm³/mol. The maximum atomic E-state index is 12.9. The Kier molecular flexibility index (Phi) is 8.89. The van der Waals surface area contributed by atoms with Crippen LogP contribution in [0.25, 0.3) is 0 Å². The van der Waals surface area contributed by atoms with Gasteiger partial charge in [0.2, 0.25) is 0 Å². The van der Waals surface area contributed by atoms with Crippen molar-refractivity contribution in [2.75, 3.05) is 4.72 Å². The molecule has 0 fully saturated rings. The number of nitrogens with one attached hydrogen (secondary N) is 2. The summed E-state index contributed by atoms with van der Waals surface area (Å²) in [4.78, 5) is 26.0. The summed E-state index contributed by atoms with van der Waals surface area (Å²) in [5, 5.41) is 2.65. The molecule has 2 rings (SSSR count). The quantitative estimate of drug-likeness (QED) is 0.522. The molecule has 186 valence electrons. The first kappa shape index (κ1) is 27.4. The van der Waals surface area contributed by atoms with Crippen LogP contribution in [0.2, 0.25) is 0 Å². The molecule has 0 saturated carbocycles. The summed E-state index contributed by atoms with van der Waals surface area (Å²) in [6.07, 6.45) is -0.511. The third-order valence-corrected chi connectivity index (χ3v) is 5.72. The third kappa shape index (κ3) is 9.17. The summed E-state index contributed by atoms with van der Waals surface area (Å²) in [6, 6.07) is 12.0. The van der Waals surface area contributed by atoms with Crippen LogP contribution in [0.15, 0.2) is 47.4 Å². The number of amides is 1. The molecule has 0 radical (unpaired) electrons. The second-order valence-electron chi connectivity index (χ2n) is 10.3. The third-order valence-electron chi connectivity index (χ3n) is 4.60. The first-order valence-corrected chi connectivity index (χ1v) is 12.3. The van der Waals surface area contributed by atoms with Crippen molar-refractivity contribution < 1.29 is 23.3 Å². The lowest BCUT2D eigenvalue weighted by atomic mass is 10.00. The molecule has 2 aromatic rings. The van der Waals surface area contributed by atoms with E-state index in [-0.39, 0.29) is 6.42 Å². The van der Waals surface area contributed by atoms with Crippen LogP contribution >= 0.6 is 0 Å². The van der Waals surface area contributed by atoms with E-state index in [0.717, 1.165) is 16.7 Å². The standard InChI is InChI=1S/C26H36N2O5S/c1-17-9-13-21(14-10-17)34(31)28-20-12-11-18(2)19(15-20)16-22(23(29)32-25(3,4)5)27-24(30)33-26(6,7)8/h9-15,22,28H,16H2,1-8H3,(H,27,30)/t22-,34?/m0/s1. The largest absolute Gasteiger partial charge is 0.458 e. The normalized spacial score (nSPS) is 13.5. The number of carbonyl (C=O) groups excluding carboxylic acids is 2. The fourth-order valence-electron chi connectivity index (χ4n) is 3.02. The summed E-state index contributed by atoms with van der Waals surface area (Å²) in [6.45, 7) is 14.4. The minimum Gasteiger partial charge on any atom is -0.458 e. The van der Waals surface area contributed by atoms with Crippen molar-refractivity contribution in [3.05, 3.63) is 59.2 Å². The lowest BCUT2D eigenvalue weighted by molar-refractivity contribution is -0.157. The second kappa shape index (κ2) is 11.0. The van der Waals surface area contributed by atoms with E-state index >= 15 is 0 Å². The zero-order chi connectivity index (χ0) is 25.7. The molecule has 0 aliphatic rings. The van der Waals surface area contributed by atoms with Gasteiger partial charge in [0, 0.05) is 12.1 Å². The van der Waals surface area contributed by atoms with Gasteiger partial charge in [0.25, 0.3) is 0 Å². The molecule has 2 N–H and O–H groups in total. The molecular weight excluding hydrogens is 452 g/mol. The minimum absolute atomic E-state index is 0.187. The zero-order valence-corrected chi connectivity index (χ0v) is 22.1. The number of rotatable bonds is 7. The molecule has 0 bridgehead atoms. The molecule has 0 aliphatic carbocycles. The van der Waals surface area contributed by atoms with E-state index < -0.39 is 40.3 Å². The first-order chi connectivity index (χ1) is 15.6. The van der Waals surface area contributed by atoms with E-state index in [1.165, 1.54) is 0 Å². The van der Waals surface area contributed by atoms with Gasteiger partial charge in [-0.2, -0.15) is 0 Å². The van der Waals surface area contributed by atoms with E-state index in [1.54, 1.807) is 41.5 Å². The van der Waals surface area contributed by atoms with E-state index in [2.05, 4.69) is 10.0 Å². The molecule has 0 spiro atoms. The molecule has 8 heteroatoms. The fraction of sp³-hybridized carbons (Fsp3) is 0.462. The Morgan fingerprint density at radius 2 is 1.50 bits per heavy atom. The van der Waals surface area contributed by atoms with Crippen LogP contribution in [0, 0.1) is 13.8 Å². The summed E-state index contributed by atoms with van der Waals surface area (Å²) >= 11 is 0. The van der Waals surface area contributed by atoms with Crippen molar-refractivity contribution >= 4 is 28.7 Å². The van der Waals surface area contributed by atoms with Gasteiger partial charge in [0.15, 0.2) is 0 Å². The Labute approximate surface area is 205 Å². The minimum atomic E-state index is -1.44. The summed E-state index contributed by atoms with van der Waals surface area (Å²) in [5.41, 5.74) is 2.03. The molecule has 0 heterocycles. The number of ether oxygens (including phenoxy) is 2. The number of hydrogen-bond donors (Lipinski definition) is 2. The Balaban J connectivity index is 2.24. The predicted octanol–water partition coefficient (Wildman–Crippen LogP) is 5.22. The number of esters is 1. The molecule has 2 aromatic carbocycles. The van der Waals surface area contributed by atoms with Crippen LogP contribution in [-0.4, -0.2) is 33.5 Å². The van der Waals surface area contributed by atoms with Crippen LogP contribution in [-0.2, 0) is 31.7 Å². The molecule has 34 heavy (non-hydrogen) atoms. The van der Waals surface area contributed by atoms with Gasteiger partial charge >= 0.3 is 12.1 Å². The van der Waals surface area contributed by atoms with E-state index in [4.69, 9.17) is 9.47 Å². The molecule has 7 nitrogen and oxygen atoms in total. The number of anilines is 1. The van der Waals surface area contributed by atoms with Crippen LogP contribution < -0.4 is 10.0 Å². The smallest absolute Gasteiger partial charge is 0.408 e. The maximum Gasteiger partial charge on any atom is 0.408 e. The highest BCUT2D eigenvalue weighted by molar-refractivity contribution is 7.86. The van der Waals surface area contributed by atoms with Crippen molar-refractivity contribution in [2.24, 2.45) is 0 Å². The van der Waals surface area contributed by atoms with Gasteiger partial charge in [-0.25, -0.2) is 13.8 Å². The number of benzene rings is 2. The summed E-state index contributed by atoms with van der Waals surface area (Å²) in [5.74, 6) is -0.556. The average Bonchev–Trinajstić information content (AvgIpc) is 2.67. The van der Waals surface area contributed by atoms with Crippen LogP contribution in [0.5, 0.6) is 0 Å². The highest BCUT2D eigenvalue weighted by atomic mass is 32.2. The summed E-state index contributed by atoms with van der Waals surface area (Å²) < 4.78 is 26.6. The number of aryl methyl sites for hydroxylation is 2. The number of alkyl carbamates (subject to hydrolysis) is 1. The van der Waals surface area contributed by atoms with Gasteiger partial charge in [-0.1, -0.05) is 23.8 Å². The topological polar surface area (TPSA) is 93.7 Å². The van der Waals surface area contributed by atoms with E-state index in [1.807, 2.05) is 56.3 Å². The lowest BCUT2D eigenvalue weighted by Gasteiger charge is -2.26. The van der Waals surface area contributed by atoms with Gasteiger partial charge < -0.3 is 19.5 Å². The Morgan fingerprint density at radius 1 is 0.912 bits per heavy atom. The Bertz CT molecular complexity index is 1040. The maximum absolute atomic E-state index is 12.9. The van der Waals surface area contributed by atoms with Crippen molar-refractivity contribution in [1.29, 1.82) is 0 Å². The lowest BCUT2D eigenvalue weighted by Crippen LogP contribution is -2.47. The van der Waals surface area contributed by atoms with Crippen LogP contribution in [0.1, 0.15) is 58.2 Å². The van der Waals surface area contributed by atoms with E-state index in [0.29, 0.717) is 10.6 Å². The molecule has 0 aliphatic heterocycles. The van der Waals surface area contributed by atoms with Gasteiger partial charge in [-0.3, -0.25) is 0 Å². The number of carbonyl (C=O) groups is 2. The van der Waals surface area contributed by atoms with Gasteiger partial charge in [0.1, 0.15) is 28.2 Å². The molecule has 0 saturated heterocycles. The van der Waals surface area contributed by atoms with Crippen molar-refractivity contribution in [2.45, 2.75) is 84.0 Å². The fourth-order valence-corrected chi connectivity index (χ4v) is 3.86. The highest BCUT2D eigenvalue weighted by Gasteiger charge is 2.29. The molecular formula is C26H36N2O5S. The second-order valence-corrected chi connectivity index (χ2v) is 11.5. The van der Waals surface area contributed by atoms with Crippen molar-refractivity contribution in [3.8, 4) is 0 Å². The molecule has 2 atom stereocenters. The first-order valence-electron chi connectivity index (χ1n) is 11.2. The molecule has 1 amide bonds. The number of hydrogen-bond acceptors (Lipinski definition) is 5. The van der Waals surface area contributed by atoms with E-state index in [9.17, 15) is 13.8 Å². The van der Waals surface area contributed by atoms with Crippen LogP contribution in [0.3, 0.4) is 0 Å². The van der Waals surface area contributed by atoms with Crippen molar-refractivity contribution in [3.63, 3.8) is 0 Å². The summed E-state index contributed by atoms with van der Waals surface area (Å²) in [7, 11) is -1.44. The monoisotopic (exact) mass is 488 g/mol. The van der Waals surface area contributed by atoms with Crippen LogP contribution in [0.4, 0.5) is 10.5 Å². The SMILES string of the molecule is Cc1ccc(S(=O)Nc2ccc(C)c(C[C@H](NC(=O)OC(C)(C)C)C(=O)OC(C)(C)C)c2)cc1. The van der Waals surface area contributed by atoms with Gasteiger partial charge in [0.05, 0.1) is 4.90 Å². The van der Waals surface area contributed by atoms with Gasteiger partial charge in [-0.05, 0) is 90.8 Å².